The Morgan fingerprint density at radius 2 is 2.50 bits per heavy atom. The van der Waals surface area contributed by atoms with Crippen molar-refractivity contribution in [2.75, 3.05) is 19.6 Å². The number of nitrogens with zero attached hydrogens (tertiary/aromatic N) is 3. The first kappa shape index (κ1) is 11.3. The van der Waals surface area contributed by atoms with Gasteiger partial charge in [-0.15, -0.1) is 0 Å². The van der Waals surface area contributed by atoms with Gasteiger partial charge in [0, 0.05) is 13.0 Å². The van der Waals surface area contributed by atoms with Crippen LogP contribution in [0.1, 0.15) is 36.3 Å². The van der Waals surface area contributed by atoms with Gasteiger partial charge >= 0.3 is 0 Å². The summed E-state index contributed by atoms with van der Waals surface area (Å²) in [5, 5.41) is 3.57. The standard InChI is InChI=1S/C11H17N3O2/c1-2-14-5-3-4-9(7-14)6-11-12-10(8-15)13-16-11/h8-9H,2-7H2,1H3. The van der Waals surface area contributed by atoms with Crippen LogP contribution in [0.5, 0.6) is 0 Å². The van der Waals surface area contributed by atoms with Crippen LogP contribution in [0.25, 0.3) is 0 Å². The fraction of sp³-hybridized carbons (Fsp3) is 0.727. The van der Waals surface area contributed by atoms with E-state index in [0.717, 1.165) is 19.5 Å². The molecule has 2 rings (SSSR count). The van der Waals surface area contributed by atoms with Crippen molar-refractivity contribution in [3.05, 3.63) is 11.7 Å². The molecule has 0 amide bonds. The lowest BCUT2D eigenvalue weighted by atomic mass is 9.95. The Kier molecular flexibility index (Phi) is 3.66. The zero-order valence-electron chi connectivity index (χ0n) is 9.56. The summed E-state index contributed by atoms with van der Waals surface area (Å²) < 4.78 is 5.02. The number of likely N-dealkylation sites (tertiary alicyclic amines) is 1. The lowest BCUT2D eigenvalue weighted by Crippen LogP contribution is -2.35. The first-order valence-electron chi connectivity index (χ1n) is 5.82. The normalized spacial score (nSPS) is 22.2. The van der Waals surface area contributed by atoms with Gasteiger partial charge in [-0.25, -0.2) is 0 Å². The molecule has 0 spiro atoms. The molecular formula is C11H17N3O2. The van der Waals surface area contributed by atoms with Gasteiger partial charge < -0.3 is 9.42 Å². The Hall–Kier alpha value is -1.23. The third kappa shape index (κ3) is 2.66. The quantitative estimate of drug-likeness (QED) is 0.717. The van der Waals surface area contributed by atoms with E-state index in [9.17, 15) is 4.79 Å². The molecule has 1 unspecified atom stereocenters. The highest BCUT2D eigenvalue weighted by Gasteiger charge is 2.21. The Labute approximate surface area is 94.8 Å². The van der Waals surface area contributed by atoms with Crippen LogP contribution in [0, 0.1) is 5.92 Å². The molecule has 88 valence electrons. The number of hydrogen-bond acceptors (Lipinski definition) is 5. The van der Waals surface area contributed by atoms with Crippen LogP contribution in [0.2, 0.25) is 0 Å². The van der Waals surface area contributed by atoms with Crippen molar-refractivity contribution in [2.45, 2.75) is 26.2 Å². The summed E-state index contributed by atoms with van der Waals surface area (Å²) in [5.41, 5.74) is 0. The van der Waals surface area contributed by atoms with Gasteiger partial charge in [0.05, 0.1) is 0 Å². The molecule has 0 bridgehead atoms. The molecule has 0 saturated carbocycles. The van der Waals surface area contributed by atoms with E-state index in [-0.39, 0.29) is 5.82 Å². The van der Waals surface area contributed by atoms with E-state index >= 15 is 0 Å². The Bertz CT molecular complexity index is 351. The van der Waals surface area contributed by atoms with E-state index in [0.29, 0.717) is 18.1 Å². The van der Waals surface area contributed by atoms with E-state index < -0.39 is 0 Å². The second-order valence-electron chi connectivity index (χ2n) is 4.27. The summed E-state index contributed by atoms with van der Waals surface area (Å²) in [4.78, 5) is 16.9. The lowest BCUT2D eigenvalue weighted by molar-refractivity contribution is 0.111. The summed E-state index contributed by atoms with van der Waals surface area (Å²) in [7, 11) is 0. The molecule has 1 atom stereocenters. The van der Waals surface area contributed by atoms with Crippen molar-refractivity contribution < 1.29 is 9.32 Å². The van der Waals surface area contributed by atoms with Crippen LogP contribution in [-0.2, 0) is 6.42 Å². The molecule has 0 aliphatic carbocycles. The average molecular weight is 223 g/mol. The van der Waals surface area contributed by atoms with Crippen LogP contribution in [0.4, 0.5) is 0 Å². The van der Waals surface area contributed by atoms with E-state index in [1.807, 2.05) is 0 Å². The molecule has 16 heavy (non-hydrogen) atoms. The van der Waals surface area contributed by atoms with Crippen LogP contribution in [0.3, 0.4) is 0 Å². The third-order valence-electron chi connectivity index (χ3n) is 3.10. The number of carbonyl (C=O) groups excluding carboxylic acids is 1. The zero-order valence-corrected chi connectivity index (χ0v) is 9.56. The fourth-order valence-corrected chi connectivity index (χ4v) is 2.25. The minimum Gasteiger partial charge on any atom is -0.339 e. The zero-order chi connectivity index (χ0) is 11.4. The van der Waals surface area contributed by atoms with E-state index in [1.54, 1.807) is 0 Å². The second kappa shape index (κ2) is 5.21. The number of rotatable bonds is 4. The molecule has 1 aromatic heterocycles. The first-order valence-corrected chi connectivity index (χ1v) is 5.82. The molecule has 0 aromatic carbocycles. The monoisotopic (exact) mass is 223 g/mol. The van der Waals surface area contributed by atoms with Crippen molar-refractivity contribution in [1.29, 1.82) is 0 Å². The van der Waals surface area contributed by atoms with Gasteiger partial charge in [-0.2, -0.15) is 4.98 Å². The topological polar surface area (TPSA) is 59.2 Å². The van der Waals surface area contributed by atoms with Gasteiger partial charge in [-0.3, -0.25) is 4.79 Å². The summed E-state index contributed by atoms with van der Waals surface area (Å²) in [5.74, 6) is 1.32. The SMILES string of the molecule is CCN1CCCC(Cc2nc(C=O)no2)C1. The van der Waals surface area contributed by atoms with E-state index in [1.165, 1.54) is 19.4 Å². The highest BCUT2D eigenvalue weighted by atomic mass is 16.5. The summed E-state index contributed by atoms with van der Waals surface area (Å²) >= 11 is 0. The molecule has 1 aromatic rings. The van der Waals surface area contributed by atoms with Crippen molar-refractivity contribution in [3.8, 4) is 0 Å². The second-order valence-corrected chi connectivity index (χ2v) is 4.27. The van der Waals surface area contributed by atoms with Crippen LogP contribution in [0.15, 0.2) is 4.52 Å². The van der Waals surface area contributed by atoms with Crippen LogP contribution < -0.4 is 0 Å². The van der Waals surface area contributed by atoms with Crippen LogP contribution in [-0.4, -0.2) is 41.0 Å². The van der Waals surface area contributed by atoms with Crippen molar-refractivity contribution in [3.63, 3.8) is 0 Å². The van der Waals surface area contributed by atoms with Gasteiger partial charge in [0.15, 0.2) is 6.29 Å². The summed E-state index contributed by atoms with van der Waals surface area (Å²) in [6, 6.07) is 0. The van der Waals surface area contributed by atoms with Crippen LogP contribution >= 0.6 is 0 Å². The van der Waals surface area contributed by atoms with Gasteiger partial charge in [0.2, 0.25) is 11.7 Å². The first-order chi connectivity index (χ1) is 7.81. The number of piperidine rings is 1. The Morgan fingerprint density at radius 3 is 3.19 bits per heavy atom. The van der Waals surface area contributed by atoms with Crippen molar-refractivity contribution >= 4 is 6.29 Å². The highest BCUT2D eigenvalue weighted by molar-refractivity contribution is 5.68. The molecule has 2 heterocycles. The molecule has 1 aliphatic rings. The lowest BCUT2D eigenvalue weighted by Gasteiger charge is -2.30. The molecule has 1 fully saturated rings. The van der Waals surface area contributed by atoms with E-state index in [2.05, 4.69) is 22.0 Å². The molecule has 5 heteroatoms. The van der Waals surface area contributed by atoms with Crippen molar-refractivity contribution in [1.82, 2.24) is 15.0 Å². The molecule has 0 radical (unpaired) electrons. The predicted octanol–water partition coefficient (Wildman–Crippen LogP) is 1.16. The number of aldehydes is 1. The third-order valence-corrected chi connectivity index (χ3v) is 3.10. The maximum absolute atomic E-state index is 10.4. The molecule has 1 aliphatic heterocycles. The fourth-order valence-electron chi connectivity index (χ4n) is 2.25. The molecule has 0 N–H and O–H groups in total. The van der Waals surface area contributed by atoms with Gasteiger partial charge in [-0.05, 0) is 31.8 Å². The average Bonchev–Trinajstić information content (AvgIpc) is 2.77. The predicted molar refractivity (Wildman–Crippen MR) is 58.2 cm³/mol. The molecule has 1 saturated heterocycles. The minimum absolute atomic E-state index is 0.151. The smallest absolute Gasteiger partial charge is 0.235 e. The van der Waals surface area contributed by atoms with Crippen molar-refractivity contribution in [2.24, 2.45) is 5.92 Å². The maximum atomic E-state index is 10.4. The Morgan fingerprint density at radius 1 is 1.62 bits per heavy atom. The highest BCUT2D eigenvalue weighted by Crippen LogP contribution is 2.19. The molecule has 5 nitrogen and oxygen atoms in total. The number of aromatic nitrogens is 2. The number of carbonyl (C=O) groups is 1. The summed E-state index contributed by atoms with van der Waals surface area (Å²) in [6.45, 7) is 5.56. The maximum Gasteiger partial charge on any atom is 0.235 e. The summed E-state index contributed by atoms with van der Waals surface area (Å²) in [6.07, 6.45) is 3.84. The van der Waals surface area contributed by atoms with Gasteiger partial charge in [0.25, 0.3) is 0 Å². The van der Waals surface area contributed by atoms with E-state index in [4.69, 9.17) is 4.52 Å². The Balaban J connectivity index is 1.91. The van der Waals surface area contributed by atoms with Gasteiger partial charge in [0.1, 0.15) is 0 Å². The largest absolute Gasteiger partial charge is 0.339 e. The number of hydrogen-bond donors (Lipinski definition) is 0. The molecular weight excluding hydrogens is 206 g/mol. The minimum atomic E-state index is 0.151. The van der Waals surface area contributed by atoms with Gasteiger partial charge in [-0.1, -0.05) is 12.1 Å².